The molecule has 3 rings (SSSR count). The summed E-state index contributed by atoms with van der Waals surface area (Å²) in [6.45, 7) is 5.11. The molecule has 0 radical (unpaired) electrons. The lowest BCUT2D eigenvalue weighted by molar-refractivity contribution is -0.145. The maximum absolute atomic E-state index is 12.9. The SMILES string of the molecule is Cl.O=C(N1CCCOCC1)[C@@]12CCCC[C@H]1CNC2. The van der Waals surface area contributed by atoms with Crippen LogP contribution in [-0.2, 0) is 9.53 Å². The van der Waals surface area contributed by atoms with Crippen LogP contribution in [0.5, 0.6) is 0 Å². The van der Waals surface area contributed by atoms with E-state index < -0.39 is 0 Å². The number of carbonyl (C=O) groups excluding carboxylic acids is 1. The van der Waals surface area contributed by atoms with E-state index in [-0.39, 0.29) is 17.8 Å². The number of hydrogen-bond donors (Lipinski definition) is 1. The molecule has 3 fully saturated rings. The fourth-order valence-electron chi connectivity index (χ4n) is 3.93. The van der Waals surface area contributed by atoms with Crippen LogP contribution in [0.15, 0.2) is 0 Å². The first-order valence-corrected chi connectivity index (χ1v) is 7.41. The van der Waals surface area contributed by atoms with Crippen molar-refractivity contribution < 1.29 is 9.53 Å². The van der Waals surface area contributed by atoms with Crippen LogP contribution in [-0.4, -0.2) is 50.2 Å². The van der Waals surface area contributed by atoms with E-state index in [0.29, 0.717) is 18.4 Å². The summed E-state index contributed by atoms with van der Waals surface area (Å²) < 4.78 is 5.46. The number of halogens is 1. The summed E-state index contributed by atoms with van der Waals surface area (Å²) in [5, 5.41) is 3.46. The van der Waals surface area contributed by atoms with Crippen molar-refractivity contribution in [1.29, 1.82) is 0 Å². The van der Waals surface area contributed by atoms with Crippen LogP contribution < -0.4 is 5.32 Å². The van der Waals surface area contributed by atoms with Gasteiger partial charge < -0.3 is 15.0 Å². The molecule has 1 aliphatic carbocycles. The standard InChI is InChI=1S/C14H24N2O2.ClH/c17-13(16-6-3-8-18-9-7-16)14-5-2-1-4-12(14)10-15-11-14;/h12,15H,1-11H2;1H/t12-,14+;/m0./s1. The van der Waals surface area contributed by atoms with E-state index in [4.69, 9.17) is 4.74 Å². The van der Waals surface area contributed by atoms with Crippen molar-refractivity contribution in [2.45, 2.75) is 32.1 Å². The minimum absolute atomic E-state index is 0. The lowest BCUT2D eigenvalue weighted by atomic mass is 9.67. The van der Waals surface area contributed by atoms with Gasteiger partial charge in [-0.3, -0.25) is 4.79 Å². The third-order valence-electron chi connectivity index (χ3n) is 4.97. The molecule has 2 heterocycles. The van der Waals surface area contributed by atoms with Crippen molar-refractivity contribution in [3.8, 4) is 0 Å². The molecular formula is C14H25ClN2O2. The lowest BCUT2D eigenvalue weighted by Gasteiger charge is -2.40. The molecule has 2 aliphatic heterocycles. The molecule has 0 bridgehead atoms. The van der Waals surface area contributed by atoms with Crippen LogP contribution in [0.2, 0.25) is 0 Å². The molecule has 0 aromatic heterocycles. The highest BCUT2D eigenvalue weighted by Gasteiger charge is 2.51. The normalized spacial score (nSPS) is 35.2. The average molecular weight is 289 g/mol. The monoisotopic (exact) mass is 288 g/mol. The molecule has 0 aromatic rings. The second-order valence-electron chi connectivity index (χ2n) is 5.99. The minimum Gasteiger partial charge on any atom is -0.380 e. The number of hydrogen-bond acceptors (Lipinski definition) is 3. The highest BCUT2D eigenvalue weighted by atomic mass is 35.5. The Labute approximate surface area is 121 Å². The van der Waals surface area contributed by atoms with Crippen molar-refractivity contribution >= 4 is 18.3 Å². The lowest BCUT2D eigenvalue weighted by Crippen LogP contribution is -2.50. The van der Waals surface area contributed by atoms with E-state index in [9.17, 15) is 4.79 Å². The summed E-state index contributed by atoms with van der Waals surface area (Å²) in [5.74, 6) is 0.977. The van der Waals surface area contributed by atoms with Crippen LogP contribution in [0.25, 0.3) is 0 Å². The maximum Gasteiger partial charge on any atom is 0.230 e. The van der Waals surface area contributed by atoms with Crippen molar-refractivity contribution in [3.63, 3.8) is 0 Å². The Hall–Kier alpha value is -0.320. The van der Waals surface area contributed by atoms with Crippen LogP contribution in [0.3, 0.4) is 0 Å². The number of nitrogens with one attached hydrogen (secondary N) is 1. The van der Waals surface area contributed by atoms with E-state index in [1.807, 2.05) is 0 Å². The Morgan fingerprint density at radius 3 is 3.00 bits per heavy atom. The molecule has 1 amide bonds. The minimum atomic E-state index is -0.0808. The number of nitrogens with zero attached hydrogens (tertiary/aromatic N) is 1. The number of fused-ring (bicyclic) bond motifs is 1. The second kappa shape index (κ2) is 6.42. The van der Waals surface area contributed by atoms with Gasteiger partial charge in [-0.05, 0) is 31.7 Å². The smallest absolute Gasteiger partial charge is 0.230 e. The summed E-state index contributed by atoms with van der Waals surface area (Å²) in [6, 6.07) is 0. The molecule has 0 unspecified atom stereocenters. The first-order valence-electron chi connectivity index (χ1n) is 7.41. The number of carbonyl (C=O) groups is 1. The third-order valence-corrected chi connectivity index (χ3v) is 4.97. The van der Waals surface area contributed by atoms with Gasteiger partial charge in [-0.2, -0.15) is 0 Å². The summed E-state index contributed by atoms with van der Waals surface area (Å²) in [7, 11) is 0. The second-order valence-corrected chi connectivity index (χ2v) is 5.99. The zero-order valence-electron chi connectivity index (χ0n) is 11.5. The predicted molar refractivity (Wildman–Crippen MR) is 76.5 cm³/mol. The van der Waals surface area contributed by atoms with Gasteiger partial charge in [0.2, 0.25) is 5.91 Å². The van der Waals surface area contributed by atoms with Gasteiger partial charge >= 0.3 is 0 Å². The Morgan fingerprint density at radius 2 is 2.11 bits per heavy atom. The molecule has 1 N–H and O–H groups in total. The van der Waals surface area contributed by atoms with Gasteiger partial charge in [0.25, 0.3) is 0 Å². The molecule has 19 heavy (non-hydrogen) atoms. The Kier molecular flexibility index (Phi) is 5.09. The first-order chi connectivity index (χ1) is 8.83. The zero-order valence-corrected chi connectivity index (χ0v) is 12.3. The molecule has 4 nitrogen and oxygen atoms in total. The maximum atomic E-state index is 12.9. The third kappa shape index (κ3) is 2.76. The van der Waals surface area contributed by atoms with E-state index in [0.717, 1.165) is 45.6 Å². The quantitative estimate of drug-likeness (QED) is 0.794. The Morgan fingerprint density at radius 1 is 1.21 bits per heavy atom. The molecule has 110 valence electrons. The molecular weight excluding hydrogens is 264 g/mol. The van der Waals surface area contributed by atoms with Gasteiger partial charge in [-0.25, -0.2) is 0 Å². The molecule has 3 aliphatic rings. The van der Waals surface area contributed by atoms with Gasteiger partial charge in [0.15, 0.2) is 0 Å². The zero-order chi connectivity index (χ0) is 12.4. The van der Waals surface area contributed by atoms with Crippen LogP contribution in [0, 0.1) is 11.3 Å². The van der Waals surface area contributed by atoms with Gasteiger partial charge in [-0.15, -0.1) is 12.4 Å². The van der Waals surface area contributed by atoms with Crippen LogP contribution >= 0.6 is 12.4 Å². The Bertz CT molecular complexity index is 319. The number of rotatable bonds is 1. The number of ether oxygens (including phenoxy) is 1. The van der Waals surface area contributed by atoms with Crippen LogP contribution in [0.4, 0.5) is 0 Å². The summed E-state index contributed by atoms with van der Waals surface area (Å²) >= 11 is 0. The van der Waals surface area contributed by atoms with Crippen molar-refractivity contribution in [3.05, 3.63) is 0 Å². The summed E-state index contributed by atoms with van der Waals surface area (Å²) in [4.78, 5) is 15.0. The first kappa shape index (κ1) is 15.1. The molecule has 0 spiro atoms. The summed E-state index contributed by atoms with van der Waals surface area (Å²) in [5.41, 5.74) is -0.0808. The van der Waals surface area contributed by atoms with Crippen LogP contribution in [0.1, 0.15) is 32.1 Å². The molecule has 2 atom stereocenters. The Balaban J connectivity index is 0.00000133. The molecule has 0 aromatic carbocycles. The highest BCUT2D eigenvalue weighted by molar-refractivity contribution is 5.85. The molecule has 2 saturated heterocycles. The fourth-order valence-corrected chi connectivity index (χ4v) is 3.93. The fraction of sp³-hybridized carbons (Fsp3) is 0.929. The van der Waals surface area contributed by atoms with E-state index in [2.05, 4.69) is 10.2 Å². The molecule has 1 saturated carbocycles. The largest absolute Gasteiger partial charge is 0.380 e. The van der Waals surface area contributed by atoms with E-state index >= 15 is 0 Å². The van der Waals surface area contributed by atoms with Gasteiger partial charge in [-0.1, -0.05) is 12.8 Å². The van der Waals surface area contributed by atoms with Crippen molar-refractivity contribution in [1.82, 2.24) is 10.2 Å². The van der Waals surface area contributed by atoms with Gasteiger partial charge in [0.05, 0.1) is 12.0 Å². The number of amides is 1. The summed E-state index contributed by atoms with van der Waals surface area (Å²) in [6.07, 6.45) is 5.81. The van der Waals surface area contributed by atoms with E-state index in [1.165, 1.54) is 19.3 Å². The topological polar surface area (TPSA) is 41.6 Å². The average Bonchev–Trinajstić information content (AvgIpc) is 2.66. The van der Waals surface area contributed by atoms with Gasteiger partial charge in [0, 0.05) is 26.2 Å². The molecule has 5 heteroatoms. The van der Waals surface area contributed by atoms with Crippen molar-refractivity contribution in [2.75, 3.05) is 39.4 Å². The van der Waals surface area contributed by atoms with Crippen molar-refractivity contribution in [2.24, 2.45) is 11.3 Å². The van der Waals surface area contributed by atoms with E-state index in [1.54, 1.807) is 0 Å². The highest BCUT2D eigenvalue weighted by Crippen LogP contribution is 2.45. The predicted octanol–water partition coefficient (Wildman–Crippen LogP) is 1.44. The van der Waals surface area contributed by atoms with Gasteiger partial charge in [0.1, 0.15) is 0 Å².